The predicted octanol–water partition coefficient (Wildman–Crippen LogP) is 1.49. The number of rotatable bonds is 7. The summed E-state index contributed by atoms with van der Waals surface area (Å²) in [4.78, 5) is 16.3. The summed E-state index contributed by atoms with van der Waals surface area (Å²) >= 11 is 0. The molecule has 2 heterocycles. The monoisotopic (exact) mass is 388 g/mol. The number of ether oxygens (including phenoxy) is 4. The van der Waals surface area contributed by atoms with E-state index < -0.39 is 5.91 Å². The lowest BCUT2D eigenvalue weighted by atomic mass is 10.1. The third kappa shape index (κ3) is 3.54. The van der Waals surface area contributed by atoms with Crippen LogP contribution < -0.4 is 24.3 Å². The van der Waals surface area contributed by atoms with Gasteiger partial charge in [0.2, 0.25) is 11.6 Å². The number of anilines is 1. The van der Waals surface area contributed by atoms with Crippen molar-refractivity contribution in [3.63, 3.8) is 0 Å². The number of methoxy groups -OCH3 is 4. The van der Waals surface area contributed by atoms with Crippen molar-refractivity contribution in [3.05, 3.63) is 24.0 Å². The molecule has 11 heteroatoms. The molecule has 148 valence electrons. The Kier molecular flexibility index (Phi) is 5.34. The number of carbonyl (C=O) groups excluding carboxylic acids is 1. The highest BCUT2D eigenvalue weighted by Gasteiger charge is 2.18. The second-order valence-corrected chi connectivity index (χ2v) is 5.58. The molecule has 1 amide bonds. The molecule has 0 bridgehead atoms. The number of nitrogens with zero attached hydrogens (tertiary/aromatic N) is 4. The Hall–Kier alpha value is -3.76. The van der Waals surface area contributed by atoms with Gasteiger partial charge in [0, 0.05) is 18.7 Å². The average molecular weight is 388 g/mol. The minimum absolute atomic E-state index is 0.0308. The average Bonchev–Trinajstić information content (AvgIpc) is 3.33. The molecule has 0 radical (unpaired) electrons. The lowest BCUT2D eigenvalue weighted by Gasteiger charge is -2.13. The summed E-state index contributed by atoms with van der Waals surface area (Å²) in [6.07, 6.45) is 0. The molecule has 0 aliphatic heterocycles. The number of aromatic nitrogens is 5. The number of hydrogen-bond donors (Lipinski definition) is 2. The Morgan fingerprint density at radius 1 is 1.04 bits per heavy atom. The molecular formula is C17H20N6O5. The molecule has 11 nitrogen and oxygen atoms in total. The summed E-state index contributed by atoms with van der Waals surface area (Å²) in [7, 11) is 7.68. The number of H-pyrrole nitrogens is 1. The summed E-state index contributed by atoms with van der Waals surface area (Å²) in [5, 5.41) is 13.6. The van der Waals surface area contributed by atoms with Crippen molar-refractivity contribution < 1.29 is 23.7 Å². The van der Waals surface area contributed by atoms with Gasteiger partial charge < -0.3 is 24.3 Å². The van der Waals surface area contributed by atoms with Gasteiger partial charge in [-0.1, -0.05) is 0 Å². The largest absolute Gasteiger partial charge is 0.493 e. The minimum Gasteiger partial charge on any atom is -0.493 e. The van der Waals surface area contributed by atoms with Crippen LogP contribution in [0.25, 0.3) is 11.3 Å². The highest BCUT2D eigenvalue weighted by atomic mass is 16.5. The maximum atomic E-state index is 12.3. The molecule has 0 aliphatic carbocycles. The number of nitrogens with one attached hydrogen (secondary N) is 2. The van der Waals surface area contributed by atoms with Gasteiger partial charge >= 0.3 is 6.01 Å². The van der Waals surface area contributed by atoms with Gasteiger partial charge in [-0.3, -0.25) is 9.89 Å². The first-order valence-corrected chi connectivity index (χ1v) is 8.12. The van der Waals surface area contributed by atoms with E-state index in [1.165, 1.54) is 33.1 Å². The van der Waals surface area contributed by atoms with Gasteiger partial charge in [-0.05, 0) is 12.1 Å². The zero-order valence-electron chi connectivity index (χ0n) is 16.1. The van der Waals surface area contributed by atoms with Gasteiger partial charge in [-0.25, -0.2) is 4.68 Å². The fourth-order valence-corrected chi connectivity index (χ4v) is 2.59. The fourth-order valence-electron chi connectivity index (χ4n) is 2.59. The van der Waals surface area contributed by atoms with Gasteiger partial charge in [0.15, 0.2) is 17.3 Å². The number of aromatic amines is 1. The van der Waals surface area contributed by atoms with E-state index in [9.17, 15) is 4.79 Å². The zero-order chi connectivity index (χ0) is 20.3. The van der Waals surface area contributed by atoms with Gasteiger partial charge in [-0.2, -0.15) is 10.1 Å². The maximum Gasteiger partial charge on any atom is 0.314 e. The van der Waals surface area contributed by atoms with Crippen molar-refractivity contribution in [2.45, 2.75) is 0 Å². The fraction of sp³-hybridized carbons (Fsp3) is 0.294. The third-order valence-electron chi connectivity index (χ3n) is 3.90. The SMILES string of the molecule is COc1cc(-c2cc(NC(=O)c3nc(OC)n(C)n3)n[nH]2)cc(OC)c1OC. The molecule has 2 N–H and O–H groups in total. The first-order chi connectivity index (χ1) is 13.5. The molecular weight excluding hydrogens is 368 g/mol. The maximum absolute atomic E-state index is 12.3. The Morgan fingerprint density at radius 3 is 2.25 bits per heavy atom. The number of carbonyl (C=O) groups is 1. The summed E-state index contributed by atoms with van der Waals surface area (Å²) in [5.74, 6) is 1.25. The molecule has 0 atom stereocenters. The van der Waals surface area contributed by atoms with Crippen LogP contribution in [-0.4, -0.2) is 59.3 Å². The molecule has 0 fully saturated rings. The number of aryl methyl sites for hydroxylation is 1. The molecule has 0 spiro atoms. The Morgan fingerprint density at radius 2 is 1.71 bits per heavy atom. The molecule has 0 aliphatic rings. The highest BCUT2D eigenvalue weighted by molar-refractivity contribution is 6.01. The normalized spacial score (nSPS) is 10.5. The van der Waals surface area contributed by atoms with Crippen LogP contribution in [0.3, 0.4) is 0 Å². The van der Waals surface area contributed by atoms with Crippen LogP contribution in [0.5, 0.6) is 23.3 Å². The van der Waals surface area contributed by atoms with E-state index in [-0.39, 0.29) is 11.8 Å². The molecule has 3 rings (SSSR count). The topological polar surface area (TPSA) is 125 Å². The van der Waals surface area contributed by atoms with Gasteiger partial charge in [0.1, 0.15) is 0 Å². The van der Waals surface area contributed by atoms with E-state index in [4.69, 9.17) is 18.9 Å². The first kappa shape index (κ1) is 19.0. The van der Waals surface area contributed by atoms with Crippen LogP contribution in [-0.2, 0) is 7.05 Å². The summed E-state index contributed by atoms with van der Waals surface area (Å²) in [5.41, 5.74) is 1.38. The lowest BCUT2D eigenvalue weighted by Crippen LogP contribution is -2.14. The smallest absolute Gasteiger partial charge is 0.314 e. The van der Waals surface area contributed by atoms with Crippen molar-refractivity contribution in [2.75, 3.05) is 33.8 Å². The third-order valence-corrected chi connectivity index (χ3v) is 3.90. The quantitative estimate of drug-likeness (QED) is 0.624. The van der Waals surface area contributed by atoms with Crippen LogP contribution in [0, 0.1) is 0 Å². The predicted molar refractivity (Wildman–Crippen MR) is 99.2 cm³/mol. The van der Waals surface area contributed by atoms with Crippen LogP contribution in [0.4, 0.5) is 5.82 Å². The molecule has 28 heavy (non-hydrogen) atoms. The summed E-state index contributed by atoms with van der Waals surface area (Å²) in [6, 6.07) is 5.43. The Labute approximate surface area is 160 Å². The Balaban J connectivity index is 1.84. The number of benzene rings is 1. The van der Waals surface area contributed by atoms with E-state index in [1.807, 2.05) is 0 Å². The first-order valence-electron chi connectivity index (χ1n) is 8.12. The second kappa shape index (κ2) is 7.86. The molecule has 0 saturated carbocycles. The van der Waals surface area contributed by atoms with Crippen LogP contribution in [0.1, 0.15) is 10.6 Å². The van der Waals surface area contributed by atoms with Crippen molar-refractivity contribution in [3.8, 4) is 34.5 Å². The van der Waals surface area contributed by atoms with E-state index >= 15 is 0 Å². The zero-order valence-corrected chi connectivity index (χ0v) is 16.1. The van der Waals surface area contributed by atoms with Crippen molar-refractivity contribution >= 4 is 11.7 Å². The standard InChI is InChI=1S/C17H20N6O5/c1-23-17(28-5)19-15(22-23)16(24)18-13-8-10(20-21-13)9-6-11(25-2)14(27-4)12(7-9)26-3/h6-8H,1-5H3,(H2,18,20,21,24). The molecule has 1 aromatic carbocycles. The van der Waals surface area contributed by atoms with E-state index in [1.54, 1.807) is 25.2 Å². The highest BCUT2D eigenvalue weighted by Crippen LogP contribution is 2.41. The van der Waals surface area contributed by atoms with Crippen molar-refractivity contribution in [1.29, 1.82) is 0 Å². The van der Waals surface area contributed by atoms with E-state index in [2.05, 4.69) is 25.6 Å². The van der Waals surface area contributed by atoms with Crippen LogP contribution >= 0.6 is 0 Å². The van der Waals surface area contributed by atoms with E-state index in [0.717, 1.165) is 5.56 Å². The molecule has 2 aromatic heterocycles. The van der Waals surface area contributed by atoms with E-state index in [0.29, 0.717) is 28.8 Å². The van der Waals surface area contributed by atoms with Gasteiger partial charge in [-0.15, -0.1) is 5.10 Å². The summed E-state index contributed by atoms with van der Waals surface area (Å²) in [6.45, 7) is 0. The number of hydrogen-bond acceptors (Lipinski definition) is 8. The molecule has 0 unspecified atom stereocenters. The molecule has 0 saturated heterocycles. The second-order valence-electron chi connectivity index (χ2n) is 5.58. The van der Waals surface area contributed by atoms with Crippen LogP contribution in [0.2, 0.25) is 0 Å². The van der Waals surface area contributed by atoms with Crippen molar-refractivity contribution in [2.24, 2.45) is 7.05 Å². The van der Waals surface area contributed by atoms with Gasteiger partial charge in [0.25, 0.3) is 5.91 Å². The Bertz CT molecular complexity index is 971. The number of amides is 1. The van der Waals surface area contributed by atoms with Crippen LogP contribution in [0.15, 0.2) is 18.2 Å². The minimum atomic E-state index is -0.512. The van der Waals surface area contributed by atoms with Crippen molar-refractivity contribution in [1.82, 2.24) is 25.0 Å². The molecule has 3 aromatic rings. The summed E-state index contributed by atoms with van der Waals surface area (Å²) < 4.78 is 22.4. The lowest BCUT2D eigenvalue weighted by molar-refractivity contribution is 0.101. The van der Waals surface area contributed by atoms with Gasteiger partial charge in [0.05, 0.1) is 34.1 Å².